The Hall–Kier alpha value is -1.06. The molecule has 0 spiro atoms. The first-order valence-electron chi connectivity index (χ1n) is 6.78. The van der Waals surface area contributed by atoms with Crippen molar-refractivity contribution in [2.24, 2.45) is 5.73 Å². The third kappa shape index (κ3) is 3.71. The minimum Gasteiger partial charge on any atom is -0.341 e. The Labute approximate surface area is 121 Å². The SMILES string of the molecule is CCN(CCc1ccccc1)C(=O)C1(N)CCC1.Cl. The van der Waals surface area contributed by atoms with Crippen molar-refractivity contribution >= 4 is 18.3 Å². The summed E-state index contributed by atoms with van der Waals surface area (Å²) in [5.74, 6) is 0.132. The van der Waals surface area contributed by atoms with Crippen molar-refractivity contribution in [2.75, 3.05) is 13.1 Å². The van der Waals surface area contributed by atoms with Gasteiger partial charge in [-0.2, -0.15) is 0 Å². The van der Waals surface area contributed by atoms with Gasteiger partial charge in [-0.25, -0.2) is 0 Å². The normalized spacial score (nSPS) is 16.1. The lowest BCUT2D eigenvalue weighted by Gasteiger charge is -2.40. The maximum absolute atomic E-state index is 12.3. The molecule has 1 aromatic carbocycles. The largest absolute Gasteiger partial charge is 0.341 e. The second kappa shape index (κ2) is 6.92. The molecule has 106 valence electrons. The Bertz CT molecular complexity index is 404. The zero-order valence-electron chi connectivity index (χ0n) is 11.5. The van der Waals surface area contributed by atoms with Crippen LogP contribution in [-0.4, -0.2) is 29.4 Å². The fraction of sp³-hybridized carbons (Fsp3) is 0.533. The van der Waals surface area contributed by atoms with Crippen LogP contribution in [0.1, 0.15) is 31.7 Å². The minimum atomic E-state index is -0.563. The summed E-state index contributed by atoms with van der Waals surface area (Å²) in [6.45, 7) is 3.52. The summed E-state index contributed by atoms with van der Waals surface area (Å²) in [4.78, 5) is 14.2. The molecule has 2 N–H and O–H groups in total. The maximum atomic E-state index is 12.3. The maximum Gasteiger partial charge on any atom is 0.242 e. The zero-order chi connectivity index (χ0) is 13.0. The smallest absolute Gasteiger partial charge is 0.242 e. The molecule has 1 saturated carbocycles. The van der Waals surface area contributed by atoms with Gasteiger partial charge in [-0.3, -0.25) is 4.79 Å². The van der Waals surface area contributed by atoms with Crippen molar-refractivity contribution in [1.82, 2.24) is 4.90 Å². The predicted molar refractivity (Wildman–Crippen MR) is 80.4 cm³/mol. The summed E-state index contributed by atoms with van der Waals surface area (Å²) in [5.41, 5.74) is 6.80. The van der Waals surface area contributed by atoms with Gasteiger partial charge >= 0.3 is 0 Å². The van der Waals surface area contributed by atoms with Crippen molar-refractivity contribution in [2.45, 2.75) is 38.1 Å². The van der Waals surface area contributed by atoms with E-state index in [4.69, 9.17) is 5.73 Å². The summed E-state index contributed by atoms with van der Waals surface area (Å²) in [6, 6.07) is 10.3. The number of hydrogen-bond donors (Lipinski definition) is 1. The molecule has 1 aliphatic carbocycles. The molecule has 0 aliphatic heterocycles. The number of carbonyl (C=O) groups excluding carboxylic acids is 1. The Morgan fingerprint density at radius 1 is 1.32 bits per heavy atom. The molecule has 0 heterocycles. The van der Waals surface area contributed by atoms with Crippen molar-refractivity contribution < 1.29 is 4.79 Å². The third-order valence-electron chi connectivity index (χ3n) is 3.85. The van der Waals surface area contributed by atoms with Crippen molar-refractivity contribution in [3.8, 4) is 0 Å². The minimum absolute atomic E-state index is 0. The van der Waals surface area contributed by atoms with E-state index in [-0.39, 0.29) is 18.3 Å². The molecule has 0 atom stereocenters. The van der Waals surface area contributed by atoms with Gasteiger partial charge in [0.2, 0.25) is 5.91 Å². The topological polar surface area (TPSA) is 46.3 Å². The number of nitrogens with zero attached hydrogens (tertiary/aromatic N) is 1. The standard InChI is InChI=1S/C15H22N2O.ClH/c1-2-17(14(18)15(16)10-6-11-15)12-9-13-7-4-3-5-8-13;/h3-5,7-8H,2,6,9-12,16H2,1H3;1H. The van der Waals surface area contributed by atoms with E-state index in [9.17, 15) is 4.79 Å². The van der Waals surface area contributed by atoms with Gasteiger partial charge in [0.25, 0.3) is 0 Å². The molecule has 0 saturated heterocycles. The summed E-state index contributed by atoms with van der Waals surface area (Å²) < 4.78 is 0. The summed E-state index contributed by atoms with van der Waals surface area (Å²) >= 11 is 0. The van der Waals surface area contributed by atoms with E-state index < -0.39 is 5.54 Å². The van der Waals surface area contributed by atoms with E-state index in [0.29, 0.717) is 0 Å². The summed E-state index contributed by atoms with van der Waals surface area (Å²) in [5, 5.41) is 0. The number of nitrogens with two attached hydrogens (primary N) is 1. The average molecular weight is 283 g/mol. The number of amides is 1. The molecule has 1 amide bonds. The predicted octanol–water partition coefficient (Wildman–Crippen LogP) is 2.38. The quantitative estimate of drug-likeness (QED) is 0.901. The van der Waals surface area contributed by atoms with Crippen LogP contribution in [-0.2, 0) is 11.2 Å². The number of hydrogen-bond acceptors (Lipinski definition) is 2. The molecule has 1 aliphatic rings. The molecule has 0 unspecified atom stereocenters. The van der Waals surface area contributed by atoms with Crippen LogP contribution < -0.4 is 5.73 Å². The van der Waals surface area contributed by atoms with E-state index in [1.54, 1.807) is 0 Å². The van der Waals surface area contributed by atoms with E-state index in [2.05, 4.69) is 12.1 Å². The summed E-state index contributed by atoms with van der Waals surface area (Å²) in [7, 11) is 0. The molecular formula is C15H23ClN2O. The highest BCUT2D eigenvalue weighted by molar-refractivity contribution is 5.87. The van der Waals surface area contributed by atoms with Gasteiger partial charge in [0.05, 0.1) is 5.54 Å². The molecule has 0 radical (unpaired) electrons. The highest BCUT2D eigenvalue weighted by atomic mass is 35.5. The molecular weight excluding hydrogens is 260 g/mol. The van der Waals surface area contributed by atoms with E-state index >= 15 is 0 Å². The second-order valence-electron chi connectivity index (χ2n) is 5.13. The van der Waals surface area contributed by atoms with Crippen LogP contribution in [0.2, 0.25) is 0 Å². The van der Waals surface area contributed by atoms with Crippen molar-refractivity contribution in [3.05, 3.63) is 35.9 Å². The van der Waals surface area contributed by atoms with Crippen LogP contribution in [0.25, 0.3) is 0 Å². The van der Waals surface area contributed by atoms with Crippen molar-refractivity contribution in [3.63, 3.8) is 0 Å². The van der Waals surface area contributed by atoms with Crippen LogP contribution in [0.4, 0.5) is 0 Å². The van der Waals surface area contributed by atoms with Crippen LogP contribution in [0.5, 0.6) is 0 Å². The van der Waals surface area contributed by atoms with Crippen LogP contribution in [0.3, 0.4) is 0 Å². The van der Waals surface area contributed by atoms with Gasteiger partial charge in [-0.05, 0) is 38.2 Å². The summed E-state index contributed by atoms with van der Waals surface area (Å²) in [6.07, 6.45) is 3.66. The van der Waals surface area contributed by atoms with E-state index in [0.717, 1.165) is 38.8 Å². The molecule has 4 heteroatoms. The van der Waals surface area contributed by atoms with E-state index in [1.165, 1.54) is 5.56 Å². The number of likely N-dealkylation sites (N-methyl/N-ethyl adjacent to an activating group) is 1. The van der Waals surface area contributed by atoms with Gasteiger partial charge in [0, 0.05) is 13.1 Å². The fourth-order valence-corrected chi connectivity index (χ4v) is 2.40. The lowest BCUT2D eigenvalue weighted by Crippen LogP contribution is -2.59. The van der Waals surface area contributed by atoms with Gasteiger partial charge in [0.1, 0.15) is 0 Å². The second-order valence-corrected chi connectivity index (χ2v) is 5.13. The van der Waals surface area contributed by atoms with Crippen LogP contribution in [0, 0.1) is 0 Å². The molecule has 1 aromatic rings. The van der Waals surface area contributed by atoms with Crippen molar-refractivity contribution in [1.29, 1.82) is 0 Å². The molecule has 0 aromatic heterocycles. The lowest BCUT2D eigenvalue weighted by molar-refractivity contribution is -0.139. The number of carbonyl (C=O) groups is 1. The first-order chi connectivity index (χ1) is 8.65. The number of rotatable bonds is 5. The molecule has 2 rings (SSSR count). The van der Waals surface area contributed by atoms with Gasteiger partial charge < -0.3 is 10.6 Å². The Morgan fingerprint density at radius 2 is 1.95 bits per heavy atom. The fourth-order valence-electron chi connectivity index (χ4n) is 2.40. The van der Waals surface area contributed by atoms with E-state index in [1.807, 2.05) is 30.0 Å². The highest BCUT2D eigenvalue weighted by Crippen LogP contribution is 2.30. The van der Waals surface area contributed by atoms with Gasteiger partial charge in [-0.15, -0.1) is 12.4 Å². The Balaban J connectivity index is 0.00000180. The first-order valence-corrected chi connectivity index (χ1v) is 6.78. The van der Waals surface area contributed by atoms with Gasteiger partial charge in [0.15, 0.2) is 0 Å². The van der Waals surface area contributed by atoms with Crippen LogP contribution >= 0.6 is 12.4 Å². The first kappa shape index (κ1) is 16.0. The zero-order valence-corrected chi connectivity index (χ0v) is 12.3. The number of benzene rings is 1. The molecule has 19 heavy (non-hydrogen) atoms. The van der Waals surface area contributed by atoms with Gasteiger partial charge in [-0.1, -0.05) is 30.3 Å². The Kier molecular flexibility index (Phi) is 5.83. The average Bonchev–Trinajstić information content (AvgIpc) is 2.37. The van der Waals surface area contributed by atoms with Crippen LogP contribution in [0.15, 0.2) is 30.3 Å². The lowest BCUT2D eigenvalue weighted by atomic mass is 9.76. The highest BCUT2D eigenvalue weighted by Gasteiger charge is 2.42. The molecule has 0 bridgehead atoms. The number of halogens is 1. The monoisotopic (exact) mass is 282 g/mol. The third-order valence-corrected chi connectivity index (χ3v) is 3.85. The molecule has 3 nitrogen and oxygen atoms in total. The Morgan fingerprint density at radius 3 is 2.42 bits per heavy atom. The molecule has 1 fully saturated rings.